The summed E-state index contributed by atoms with van der Waals surface area (Å²) in [5, 5.41) is 21.2. The van der Waals surface area contributed by atoms with Crippen LogP contribution in [0.5, 0.6) is 0 Å². The molecule has 5 N–H and O–H groups in total. The van der Waals surface area contributed by atoms with Gasteiger partial charge in [-0.1, -0.05) is 25.4 Å². The summed E-state index contributed by atoms with van der Waals surface area (Å²) in [5.41, 5.74) is 10.3. The van der Waals surface area contributed by atoms with Gasteiger partial charge in [0.25, 0.3) is 0 Å². The molecule has 0 saturated carbocycles. The number of nitrogens with one attached hydrogen (secondary N) is 2. The Labute approximate surface area is 174 Å². The molecule has 0 aliphatic carbocycles. The molecular formula is C20H28ClN7O. The van der Waals surface area contributed by atoms with Gasteiger partial charge in [0, 0.05) is 11.7 Å². The molecule has 0 fully saturated rings. The lowest BCUT2D eigenvalue weighted by Crippen LogP contribution is -2.29. The second kappa shape index (κ2) is 8.42. The van der Waals surface area contributed by atoms with Crippen LogP contribution in [-0.2, 0) is 0 Å². The predicted octanol–water partition coefficient (Wildman–Crippen LogP) is 3.72. The normalized spacial score (nSPS) is 13.6. The van der Waals surface area contributed by atoms with Crippen LogP contribution in [0.25, 0.3) is 11.0 Å². The summed E-state index contributed by atoms with van der Waals surface area (Å²) in [6.07, 6.45) is -0.561. The molecule has 156 valence electrons. The lowest BCUT2D eigenvalue weighted by molar-refractivity contribution is 0.202. The third-order valence-corrected chi connectivity index (χ3v) is 4.84. The van der Waals surface area contributed by atoms with E-state index in [-0.39, 0.29) is 18.5 Å². The number of nitrogens with zero attached hydrogens (tertiary/aromatic N) is 4. The highest BCUT2D eigenvalue weighted by Gasteiger charge is 2.20. The zero-order valence-corrected chi connectivity index (χ0v) is 18.1. The molecule has 3 aromatic rings. The molecule has 0 radical (unpaired) electrons. The van der Waals surface area contributed by atoms with E-state index < -0.39 is 6.10 Å². The van der Waals surface area contributed by atoms with Crippen LogP contribution >= 0.6 is 11.6 Å². The van der Waals surface area contributed by atoms with Crippen molar-refractivity contribution >= 4 is 39.8 Å². The van der Waals surface area contributed by atoms with E-state index in [9.17, 15) is 5.11 Å². The van der Waals surface area contributed by atoms with Crippen LogP contribution in [0.2, 0.25) is 5.02 Å². The number of hydrogen-bond donors (Lipinski definition) is 4. The number of nitrogens with two attached hydrogens (primary N) is 1. The number of hydrogen-bond acceptors (Lipinski definition) is 6. The first-order valence-electron chi connectivity index (χ1n) is 9.70. The van der Waals surface area contributed by atoms with Gasteiger partial charge in [0.15, 0.2) is 11.3 Å². The predicted molar refractivity (Wildman–Crippen MR) is 118 cm³/mol. The Hall–Kier alpha value is -2.58. The highest BCUT2D eigenvalue weighted by Crippen LogP contribution is 2.30. The van der Waals surface area contributed by atoms with Crippen molar-refractivity contribution < 1.29 is 5.11 Å². The first-order valence-corrected chi connectivity index (χ1v) is 10.1. The van der Waals surface area contributed by atoms with Gasteiger partial charge in [-0.25, -0.2) is 4.99 Å². The smallest absolute Gasteiger partial charge is 0.227 e. The monoisotopic (exact) mass is 417 g/mol. The van der Waals surface area contributed by atoms with Crippen molar-refractivity contribution in [1.82, 2.24) is 19.7 Å². The van der Waals surface area contributed by atoms with Gasteiger partial charge in [-0.2, -0.15) is 10.1 Å². The third-order valence-electron chi connectivity index (χ3n) is 4.51. The van der Waals surface area contributed by atoms with Gasteiger partial charge in [-0.05, 0) is 44.9 Å². The number of fused-ring (bicyclic) bond motifs is 1. The van der Waals surface area contributed by atoms with Gasteiger partial charge >= 0.3 is 0 Å². The van der Waals surface area contributed by atoms with E-state index >= 15 is 0 Å². The minimum absolute atomic E-state index is 0.105. The number of rotatable bonds is 6. The van der Waals surface area contributed by atoms with E-state index in [0.29, 0.717) is 27.7 Å². The maximum absolute atomic E-state index is 9.73. The Kier molecular flexibility index (Phi) is 6.14. The largest absolute Gasteiger partial charge is 0.398 e. The third kappa shape index (κ3) is 4.38. The molecular weight excluding hydrogens is 390 g/mol. The summed E-state index contributed by atoms with van der Waals surface area (Å²) in [5.74, 6) is 0.793. The molecule has 2 aromatic heterocycles. The van der Waals surface area contributed by atoms with E-state index in [2.05, 4.69) is 52.8 Å². The van der Waals surface area contributed by atoms with Crippen molar-refractivity contribution in [3.05, 3.63) is 34.5 Å². The molecule has 1 atom stereocenters. The SMILES string of the molecule is CC(O)CN=c1nc(Nc2ccc(N)c(Cl)c2)c2n[nH]c(C(C)C)c2n1C(C)C. The molecule has 0 bridgehead atoms. The van der Waals surface area contributed by atoms with Crippen molar-refractivity contribution in [1.29, 1.82) is 0 Å². The molecule has 9 heteroatoms. The molecule has 0 aliphatic rings. The van der Waals surface area contributed by atoms with Crippen molar-refractivity contribution in [2.24, 2.45) is 4.99 Å². The molecule has 3 rings (SSSR count). The van der Waals surface area contributed by atoms with Crippen molar-refractivity contribution in [2.75, 3.05) is 17.6 Å². The van der Waals surface area contributed by atoms with Crippen LogP contribution in [0, 0.1) is 0 Å². The van der Waals surface area contributed by atoms with Crippen LogP contribution in [0.3, 0.4) is 0 Å². The number of aliphatic hydroxyl groups is 1. The summed E-state index contributed by atoms with van der Waals surface area (Å²) in [6, 6.07) is 5.42. The lowest BCUT2D eigenvalue weighted by Gasteiger charge is -2.17. The lowest BCUT2D eigenvalue weighted by atomic mass is 10.1. The molecule has 0 aliphatic heterocycles. The molecule has 8 nitrogen and oxygen atoms in total. The molecule has 0 saturated heterocycles. The molecule has 1 aromatic carbocycles. The Balaban J connectivity index is 2.28. The summed E-state index contributed by atoms with van der Waals surface area (Å²) in [4.78, 5) is 9.30. The Morgan fingerprint density at radius 2 is 2.00 bits per heavy atom. The maximum atomic E-state index is 9.73. The quantitative estimate of drug-likeness (QED) is 0.456. The fraction of sp³-hybridized carbons (Fsp3) is 0.450. The number of benzene rings is 1. The van der Waals surface area contributed by atoms with Gasteiger partial charge in [0.2, 0.25) is 5.62 Å². The van der Waals surface area contributed by atoms with Crippen LogP contribution in [-0.4, -0.2) is 37.5 Å². The summed E-state index contributed by atoms with van der Waals surface area (Å²) < 4.78 is 2.05. The highest BCUT2D eigenvalue weighted by atomic mass is 35.5. The maximum Gasteiger partial charge on any atom is 0.227 e. The van der Waals surface area contributed by atoms with Crippen LogP contribution < -0.4 is 16.7 Å². The minimum Gasteiger partial charge on any atom is -0.398 e. The first-order chi connectivity index (χ1) is 13.7. The topological polar surface area (TPSA) is 117 Å². The standard InChI is InChI=1S/C20H28ClN7O/c1-10(2)16-18-17(27-26-16)19(24-13-6-7-15(22)14(21)8-13)25-20(23-9-12(5)29)28(18)11(3)4/h6-8,10-12,29H,9,22H2,1-5H3,(H,26,27)(H,23,24,25). The summed E-state index contributed by atoms with van der Waals surface area (Å²) in [7, 11) is 0. The Bertz CT molecular complexity index is 1080. The van der Waals surface area contributed by atoms with Crippen LogP contribution in [0.4, 0.5) is 17.2 Å². The molecule has 0 spiro atoms. The highest BCUT2D eigenvalue weighted by molar-refractivity contribution is 6.33. The van der Waals surface area contributed by atoms with Gasteiger partial charge < -0.3 is 20.7 Å². The Morgan fingerprint density at radius 3 is 2.59 bits per heavy atom. The van der Waals surface area contributed by atoms with Crippen molar-refractivity contribution in [3.8, 4) is 0 Å². The molecule has 0 amide bonds. The Morgan fingerprint density at radius 1 is 1.28 bits per heavy atom. The van der Waals surface area contributed by atoms with E-state index in [0.717, 1.165) is 16.9 Å². The number of halogens is 1. The number of aromatic nitrogens is 4. The minimum atomic E-state index is -0.561. The zero-order valence-electron chi connectivity index (χ0n) is 17.4. The molecule has 2 heterocycles. The molecule has 29 heavy (non-hydrogen) atoms. The second-order valence-corrected chi connectivity index (χ2v) is 8.17. The van der Waals surface area contributed by atoms with Gasteiger partial charge in [-0.3, -0.25) is 5.10 Å². The van der Waals surface area contributed by atoms with E-state index in [1.165, 1.54) is 0 Å². The average Bonchev–Trinajstić information content (AvgIpc) is 3.08. The van der Waals surface area contributed by atoms with Crippen molar-refractivity contribution in [3.63, 3.8) is 0 Å². The second-order valence-electron chi connectivity index (χ2n) is 7.76. The number of H-pyrrole nitrogens is 1. The van der Waals surface area contributed by atoms with Crippen LogP contribution in [0.1, 0.15) is 52.3 Å². The molecule has 1 unspecified atom stereocenters. The average molecular weight is 418 g/mol. The summed E-state index contributed by atoms with van der Waals surface area (Å²) >= 11 is 6.17. The number of aromatic amines is 1. The number of anilines is 3. The number of aliphatic hydroxyl groups excluding tert-OH is 1. The first kappa shape index (κ1) is 21.1. The van der Waals surface area contributed by atoms with E-state index in [4.69, 9.17) is 22.3 Å². The fourth-order valence-corrected chi connectivity index (χ4v) is 3.29. The fourth-order valence-electron chi connectivity index (χ4n) is 3.11. The van der Waals surface area contributed by atoms with Gasteiger partial charge in [-0.15, -0.1) is 0 Å². The van der Waals surface area contributed by atoms with E-state index in [1.807, 2.05) is 6.07 Å². The van der Waals surface area contributed by atoms with Crippen LogP contribution in [0.15, 0.2) is 23.2 Å². The summed E-state index contributed by atoms with van der Waals surface area (Å²) in [6.45, 7) is 10.3. The van der Waals surface area contributed by atoms with Gasteiger partial charge in [0.05, 0.1) is 34.6 Å². The zero-order chi connectivity index (χ0) is 21.3. The number of nitrogen functional groups attached to an aromatic ring is 1. The van der Waals surface area contributed by atoms with Crippen molar-refractivity contribution in [2.45, 2.75) is 52.7 Å². The van der Waals surface area contributed by atoms with Gasteiger partial charge in [0.1, 0.15) is 0 Å². The van der Waals surface area contributed by atoms with E-state index in [1.54, 1.807) is 19.1 Å².